The molecular weight excluding hydrogens is 208 g/mol. The Bertz CT molecular complexity index is 502. The lowest BCUT2D eigenvalue weighted by Gasteiger charge is -2.07. The summed E-state index contributed by atoms with van der Waals surface area (Å²) >= 11 is 0. The molecule has 0 aliphatic heterocycles. The first-order valence-corrected chi connectivity index (χ1v) is 5.98. The van der Waals surface area contributed by atoms with Crippen LogP contribution in [0.15, 0.2) is 30.7 Å². The summed E-state index contributed by atoms with van der Waals surface area (Å²) in [5, 5.41) is 0. The lowest BCUT2D eigenvalue weighted by atomic mass is 9.98. The number of H-pyrrole nitrogens is 1. The zero-order valence-electron chi connectivity index (χ0n) is 10.6. The molecule has 2 aromatic rings. The first-order chi connectivity index (χ1) is 8.22. The molecule has 0 fully saturated rings. The minimum atomic E-state index is 0.985. The summed E-state index contributed by atoms with van der Waals surface area (Å²) in [4.78, 5) is 7.33. The summed E-state index contributed by atoms with van der Waals surface area (Å²) < 4.78 is 0. The van der Waals surface area contributed by atoms with Crippen molar-refractivity contribution in [3.8, 4) is 0 Å². The number of benzene rings is 1. The Morgan fingerprint density at radius 1 is 1.29 bits per heavy atom. The quantitative estimate of drug-likeness (QED) is 0.842. The van der Waals surface area contributed by atoms with Crippen LogP contribution in [0.3, 0.4) is 0 Å². The van der Waals surface area contributed by atoms with E-state index in [0.717, 1.165) is 12.1 Å². The SMILES string of the molecule is CCC(=Cc1c(C)cccc1C)c1c[nH]cn1. The van der Waals surface area contributed by atoms with Gasteiger partial charge < -0.3 is 4.98 Å². The van der Waals surface area contributed by atoms with Crippen molar-refractivity contribution in [2.24, 2.45) is 0 Å². The molecule has 88 valence electrons. The Labute approximate surface area is 102 Å². The number of aryl methyl sites for hydroxylation is 2. The van der Waals surface area contributed by atoms with Crippen molar-refractivity contribution in [1.82, 2.24) is 9.97 Å². The summed E-state index contributed by atoms with van der Waals surface area (Å²) in [7, 11) is 0. The minimum Gasteiger partial charge on any atom is -0.351 e. The van der Waals surface area contributed by atoms with Gasteiger partial charge >= 0.3 is 0 Å². The highest BCUT2D eigenvalue weighted by Crippen LogP contribution is 2.23. The first kappa shape index (κ1) is 11.6. The molecule has 0 unspecified atom stereocenters. The third kappa shape index (κ3) is 2.47. The molecule has 0 aliphatic carbocycles. The molecule has 0 saturated carbocycles. The average molecular weight is 226 g/mol. The first-order valence-electron chi connectivity index (χ1n) is 5.98. The van der Waals surface area contributed by atoms with Crippen molar-refractivity contribution in [3.05, 3.63) is 53.1 Å². The van der Waals surface area contributed by atoms with Crippen LogP contribution >= 0.6 is 0 Å². The maximum Gasteiger partial charge on any atom is 0.0927 e. The molecule has 0 radical (unpaired) electrons. The third-order valence-electron chi connectivity index (χ3n) is 3.07. The van der Waals surface area contributed by atoms with Crippen LogP contribution in [0.4, 0.5) is 0 Å². The van der Waals surface area contributed by atoms with E-state index in [0.29, 0.717) is 0 Å². The fourth-order valence-electron chi connectivity index (χ4n) is 2.02. The van der Waals surface area contributed by atoms with Gasteiger partial charge in [-0.1, -0.05) is 25.1 Å². The van der Waals surface area contributed by atoms with Gasteiger partial charge in [0.2, 0.25) is 0 Å². The van der Waals surface area contributed by atoms with E-state index in [1.807, 2.05) is 6.20 Å². The zero-order chi connectivity index (χ0) is 12.3. The fourth-order valence-corrected chi connectivity index (χ4v) is 2.02. The van der Waals surface area contributed by atoms with Gasteiger partial charge in [0.25, 0.3) is 0 Å². The lowest BCUT2D eigenvalue weighted by molar-refractivity contribution is 1.20. The highest BCUT2D eigenvalue weighted by atomic mass is 14.9. The molecule has 0 spiro atoms. The highest BCUT2D eigenvalue weighted by molar-refractivity contribution is 5.81. The smallest absolute Gasteiger partial charge is 0.0927 e. The van der Waals surface area contributed by atoms with E-state index in [1.165, 1.54) is 22.3 Å². The summed E-state index contributed by atoms with van der Waals surface area (Å²) in [6.45, 7) is 6.46. The van der Waals surface area contributed by atoms with E-state index in [1.54, 1.807) is 6.33 Å². The molecule has 2 heteroatoms. The van der Waals surface area contributed by atoms with Crippen LogP contribution in [-0.2, 0) is 0 Å². The molecule has 0 amide bonds. The topological polar surface area (TPSA) is 28.7 Å². The predicted octanol–water partition coefficient (Wildman–Crippen LogP) is 3.98. The summed E-state index contributed by atoms with van der Waals surface area (Å²) in [5.41, 5.74) is 6.24. The van der Waals surface area contributed by atoms with Gasteiger partial charge in [-0.25, -0.2) is 4.98 Å². The van der Waals surface area contributed by atoms with Crippen molar-refractivity contribution in [1.29, 1.82) is 0 Å². The van der Waals surface area contributed by atoms with Gasteiger partial charge in [0.05, 0.1) is 12.0 Å². The van der Waals surface area contributed by atoms with E-state index < -0.39 is 0 Å². The number of nitrogens with one attached hydrogen (secondary N) is 1. The number of rotatable bonds is 3. The second-order valence-corrected chi connectivity index (χ2v) is 4.28. The molecule has 0 saturated heterocycles. The predicted molar refractivity (Wildman–Crippen MR) is 72.7 cm³/mol. The number of aromatic amines is 1. The maximum absolute atomic E-state index is 4.32. The van der Waals surface area contributed by atoms with Gasteiger partial charge in [-0.15, -0.1) is 0 Å². The van der Waals surface area contributed by atoms with E-state index >= 15 is 0 Å². The van der Waals surface area contributed by atoms with Crippen molar-refractivity contribution in [2.75, 3.05) is 0 Å². The largest absolute Gasteiger partial charge is 0.351 e. The Morgan fingerprint density at radius 3 is 2.53 bits per heavy atom. The van der Waals surface area contributed by atoms with Crippen molar-refractivity contribution >= 4 is 11.6 Å². The van der Waals surface area contributed by atoms with E-state index in [-0.39, 0.29) is 0 Å². The molecule has 1 N–H and O–H groups in total. The Kier molecular flexibility index (Phi) is 3.43. The molecule has 1 heterocycles. The van der Waals surface area contributed by atoms with Crippen molar-refractivity contribution < 1.29 is 0 Å². The fraction of sp³-hybridized carbons (Fsp3) is 0.267. The number of hydrogen-bond donors (Lipinski definition) is 1. The molecule has 1 aromatic carbocycles. The molecule has 17 heavy (non-hydrogen) atoms. The van der Waals surface area contributed by atoms with Gasteiger partial charge in [-0.05, 0) is 48.6 Å². The maximum atomic E-state index is 4.32. The molecule has 0 aliphatic rings. The molecule has 1 aromatic heterocycles. The summed E-state index contributed by atoms with van der Waals surface area (Å²) in [6.07, 6.45) is 6.91. The summed E-state index contributed by atoms with van der Waals surface area (Å²) in [5.74, 6) is 0. The van der Waals surface area contributed by atoms with Gasteiger partial charge in [0.1, 0.15) is 0 Å². The molecule has 0 bridgehead atoms. The van der Waals surface area contributed by atoms with E-state index in [4.69, 9.17) is 0 Å². The Hall–Kier alpha value is -1.83. The molecule has 2 rings (SSSR count). The van der Waals surface area contributed by atoms with Crippen LogP contribution in [0.2, 0.25) is 0 Å². The monoisotopic (exact) mass is 226 g/mol. The second kappa shape index (κ2) is 5.00. The molecule has 2 nitrogen and oxygen atoms in total. The van der Waals surface area contributed by atoms with Gasteiger partial charge in [0.15, 0.2) is 0 Å². The van der Waals surface area contributed by atoms with Crippen LogP contribution < -0.4 is 0 Å². The molecular formula is C15H18N2. The number of imidazole rings is 1. The van der Waals surface area contributed by atoms with Crippen LogP contribution in [-0.4, -0.2) is 9.97 Å². The minimum absolute atomic E-state index is 0.985. The van der Waals surface area contributed by atoms with Crippen LogP contribution in [0.25, 0.3) is 11.6 Å². The van der Waals surface area contributed by atoms with Crippen LogP contribution in [0, 0.1) is 13.8 Å². The van der Waals surface area contributed by atoms with Crippen LogP contribution in [0.1, 0.15) is 35.7 Å². The van der Waals surface area contributed by atoms with Crippen molar-refractivity contribution in [2.45, 2.75) is 27.2 Å². The van der Waals surface area contributed by atoms with Crippen LogP contribution in [0.5, 0.6) is 0 Å². The average Bonchev–Trinajstić information content (AvgIpc) is 2.82. The number of nitrogens with zero attached hydrogens (tertiary/aromatic N) is 1. The van der Waals surface area contributed by atoms with E-state index in [2.05, 4.69) is 55.0 Å². The second-order valence-electron chi connectivity index (χ2n) is 4.28. The molecule has 0 atom stereocenters. The Morgan fingerprint density at radius 2 is 2.00 bits per heavy atom. The third-order valence-corrected chi connectivity index (χ3v) is 3.07. The normalized spacial score (nSPS) is 11.8. The number of aromatic nitrogens is 2. The highest BCUT2D eigenvalue weighted by Gasteiger charge is 2.04. The zero-order valence-corrected chi connectivity index (χ0v) is 10.6. The van der Waals surface area contributed by atoms with Crippen molar-refractivity contribution in [3.63, 3.8) is 0 Å². The van der Waals surface area contributed by atoms with Gasteiger partial charge in [-0.2, -0.15) is 0 Å². The standard InChI is InChI=1S/C15H18N2/c1-4-13(15-9-16-10-17-15)8-14-11(2)6-5-7-12(14)3/h5-10H,4H2,1-3H3,(H,16,17). The number of allylic oxidation sites excluding steroid dienone is 1. The van der Waals surface area contributed by atoms with E-state index in [9.17, 15) is 0 Å². The Balaban J connectivity index is 2.47. The summed E-state index contributed by atoms with van der Waals surface area (Å²) in [6, 6.07) is 6.40. The van der Waals surface area contributed by atoms with Gasteiger partial charge in [-0.3, -0.25) is 0 Å². The van der Waals surface area contributed by atoms with Gasteiger partial charge in [0, 0.05) is 6.20 Å². The number of hydrogen-bond acceptors (Lipinski definition) is 1. The lowest BCUT2D eigenvalue weighted by Crippen LogP contribution is -1.89.